The molecule has 3 aromatic carbocycles. The van der Waals surface area contributed by atoms with Gasteiger partial charge in [0.1, 0.15) is 23.5 Å². The van der Waals surface area contributed by atoms with Crippen LogP contribution in [0.5, 0.6) is 0 Å². The summed E-state index contributed by atoms with van der Waals surface area (Å²) in [5.41, 5.74) is 47.8. The summed E-state index contributed by atoms with van der Waals surface area (Å²) in [6.45, 7) is 16.2. The van der Waals surface area contributed by atoms with E-state index in [1.165, 1.54) is 6.20 Å². The number of aryl methyl sites for hydroxylation is 8. The number of halogens is 1. The van der Waals surface area contributed by atoms with E-state index < -0.39 is 11.8 Å². The number of hydrogen-bond donors (Lipinski definition) is 8. The summed E-state index contributed by atoms with van der Waals surface area (Å²) in [6.07, 6.45) is 11.1. The van der Waals surface area contributed by atoms with Crippen molar-refractivity contribution in [2.75, 3.05) is 17.2 Å². The summed E-state index contributed by atoms with van der Waals surface area (Å²) >= 11 is 6.07. The topological polar surface area (TPSA) is 441 Å². The van der Waals surface area contributed by atoms with Gasteiger partial charge < -0.3 is 56.2 Å². The molecule has 0 spiro atoms. The normalized spacial score (nSPS) is 10.4. The van der Waals surface area contributed by atoms with Gasteiger partial charge in [-0.3, -0.25) is 58.7 Å². The molecule has 0 atom stereocenters. The van der Waals surface area contributed by atoms with Gasteiger partial charge in [0, 0.05) is 143 Å². The van der Waals surface area contributed by atoms with Gasteiger partial charge in [0.05, 0.1) is 38.3 Å². The number of aromatic nitrogens is 9. The van der Waals surface area contributed by atoms with Crippen LogP contribution < -0.4 is 153 Å². The van der Waals surface area contributed by atoms with Crippen LogP contribution >= 0.6 is 11.6 Å². The molecule has 0 aliphatic carbocycles. The number of hydrogen-bond acceptors (Lipinski definition) is 21. The summed E-state index contributed by atoms with van der Waals surface area (Å²) < 4.78 is 0. The summed E-state index contributed by atoms with van der Waals surface area (Å²) in [5.74, 6) is -0.317. The van der Waals surface area contributed by atoms with E-state index in [4.69, 9.17) is 50.3 Å². The molecule has 0 saturated heterocycles. The molecule has 12 aromatic rings. The minimum absolute atomic E-state index is 0. The number of primary amides is 2. The molecule has 0 fully saturated rings. The van der Waals surface area contributed by atoms with E-state index in [9.17, 15) is 29.2 Å². The molecule has 9 heterocycles. The fourth-order valence-electron chi connectivity index (χ4n) is 11.9. The molecule has 0 radical (unpaired) electrons. The Morgan fingerprint density at radius 2 is 0.813 bits per heavy atom. The number of nitrogens with zero attached hydrogens (tertiary/aromatic N) is 10. The van der Waals surface area contributed by atoms with Gasteiger partial charge in [-0.15, -0.1) is 0 Å². The van der Waals surface area contributed by atoms with Crippen molar-refractivity contribution in [2.45, 2.75) is 94.3 Å². The van der Waals surface area contributed by atoms with E-state index in [2.05, 4.69) is 71.8 Å². The van der Waals surface area contributed by atoms with E-state index >= 15 is 0 Å². The number of carbonyl (C=O) groups is 6. The van der Waals surface area contributed by atoms with Gasteiger partial charge >= 0.3 is 103 Å². The molecule has 0 aliphatic heterocycles. The minimum atomic E-state index is -0.535. The first-order valence-electron chi connectivity index (χ1n) is 32.6. The van der Waals surface area contributed by atoms with Gasteiger partial charge in [-0.05, 0) is 226 Å². The Balaban J connectivity index is 0.000000244. The van der Waals surface area contributed by atoms with Crippen LogP contribution in [0.3, 0.4) is 0 Å². The van der Waals surface area contributed by atoms with E-state index in [0.29, 0.717) is 128 Å². The van der Waals surface area contributed by atoms with E-state index in [-0.39, 0.29) is 128 Å². The van der Waals surface area contributed by atoms with E-state index in [1.807, 2.05) is 85.7 Å². The average Bonchev–Trinajstić information content (AvgIpc) is 0.795. The number of nitrogen functional groups attached to an aromatic ring is 3. The number of rotatable bonds is 18. The van der Waals surface area contributed by atoms with Crippen LogP contribution in [-0.2, 0) is 48.6 Å². The van der Waals surface area contributed by atoms with Crippen molar-refractivity contribution in [1.82, 2.24) is 60.8 Å². The predicted octanol–water partition coefficient (Wildman–Crippen LogP) is 3.13. The van der Waals surface area contributed by atoms with Gasteiger partial charge in [-0.1, -0.05) is 11.6 Å². The standard InChI is InChI=1S/2C26H26N6O2.C25H21ClN6O.CH2O3.2K.H/c2*1-14-6-19-8-17(10-21(25(28)33)24(19)30-12-14)9-20-11-18(4-5-29-20)26(34)31-13-22-15(2)7-23(27)32-16(22)3;1-14-5-23(28)32-15(2)22(14)13-31-25(33)17-3-4-29-21(10-17)8-16-6-18-9-20(26)12-30-24(18)19(7-16)11-27;2-1-4-3;;;/h2*4-8,10-12H,9,13H2,1-3H3,(H2,27,32)(H2,28,33)(H,31,34);3-7,9-10,12H,8,13H2,1-2H3,(H2,28,32)(H,31,33);1,3H;;;/q;;;;2*+1;-1/p-1. The number of nitrogens with one attached hydrogen (secondary N) is 3. The zero-order valence-corrected chi connectivity index (χ0v) is 67.7. The number of benzene rings is 3. The molecule has 534 valence electrons. The van der Waals surface area contributed by atoms with Crippen molar-refractivity contribution in [2.24, 2.45) is 11.5 Å². The molecule has 12 rings (SSSR count). The average molecular weight is 1510 g/mol. The van der Waals surface area contributed by atoms with Gasteiger partial charge in [-0.25, -0.2) is 15.0 Å². The van der Waals surface area contributed by atoms with Crippen LogP contribution in [0.4, 0.5) is 17.5 Å². The van der Waals surface area contributed by atoms with E-state index in [1.54, 1.807) is 110 Å². The Bertz CT molecular complexity index is 5150. The predicted molar refractivity (Wildman–Crippen MR) is 399 cm³/mol. The smallest absolute Gasteiger partial charge is 1.00 e. The molecule has 0 saturated carbocycles. The van der Waals surface area contributed by atoms with Crippen LogP contribution in [0.25, 0.3) is 32.7 Å². The molecule has 26 nitrogen and oxygen atoms in total. The Labute approximate surface area is 708 Å². The first kappa shape index (κ1) is 84.3. The maximum absolute atomic E-state index is 12.8. The molecule has 107 heavy (non-hydrogen) atoms. The second-order valence-electron chi connectivity index (χ2n) is 24.8. The zero-order chi connectivity index (χ0) is 75.8. The molecular formula is C78H75ClK2N18O8. The molecule has 0 aliphatic rings. The fourth-order valence-corrected chi connectivity index (χ4v) is 12.1. The molecule has 5 amide bonds. The van der Waals surface area contributed by atoms with Crippen molar-refractivity contribution in [3.63, 3.8) is 0 Å². The molecule has 0 unspecified atom stereocenters. The summed E-state index contributed by atoms with van der Waals surface area (Å²) in [4.78, 5) is 113. The largest absolute Gasteiger partial charge is 1.00 e. The van der Waals surface area contributed by atoms with E-state index in [0.717, 1.165) is 94.4 Å². The quantitative estimate of drug-likeness (QED) is 0.0265. The first-order valence-corrected chi connectivity index (χ1v) is 33.0. The third-order valence-electron chi connectivity index (χ3n) is 16.9. The van der Waals surface area contributed by atoms with Crippen LogP contribution in [0.2, 0.25) is 5.02 Å². The Kier molecular flexibility index (Phi) is 30.8. The third kappa shape index (κ3) is 22.8. The first-order chi connectivity index (χ1) is 50.2. The van der Waals surface area contributed by atoms with Gasteiger partial charge in [0.2, 0.25) is 0 Å². The molecule has 13 N–H and O–H groups in total. The van der Waals surface area contributed by atoms with Crippen LogP contribution in [0, 0.1) is 66.7 Å². The SMILES string of the molecule is Cc1cc(N)nc(C)c1CNC(=O)c1ccnc(Cc2cc(C#N)c3ncc(Cl)cc3c2)c1.Cc1cnc2c(C(N)=O)cc(Cc3cc(C(=O)NCc4c(C)cc(N)nc4C)ccn3)cc2c1.Cc1cnc2c(C(N)=O)cc(Cc3cc(C(=O)NCc4c(C)cc(N)nc4C)ccn3)cc2c1.O=CO[O-].[H-].[K+].[K+]. The summed E-state index contributed by atoms with van der Waals surface area (Å²) in [7, 11) is 0. The van der Waals surface area contributed by atoms with Gasteiger partial charge in [0.15, 0.2) is 0 Å². The number of nitrogens with two attached hydrogens (primary N) is 5. The number of amides is 5. The van der Waals surface area contributed by atoms with Crippen molar-refractivity contribution in [3.05, 3.63) is 280 Å². The maximum Gasteiger partial charge on any atom is 1.00 e. The van der Waals surface area contributed by atoms with Crippen LogP contribution in [0.15, 0.2) is 146 Å². The van der Waals surface area contributed by atoms with Crippen LogP contribution in [-0.4, -0.2) is 80.9 Å². The number of pyridine rings is 9. The molecule has 0 bridgehead atoms. The van der Waals surface area contributed by atoms with Crippen LogP contribution in [0.1, 0.15) is 154 Å². The van der Waals surface area contributed by atoms with Gasteiger partial charge in [0.25, 0.3) is 36.0 Å². The Hall–Kier alpha value is -9.98. The number of nitriles is 1. The summed E-state index contributed by atoms with van der Waals surface area (Å²) in [6, 6.07) is 34.7. The number of fused-ring (bicyclic) bond motifs is 3. The van der Waals surface area contributed by atoms with Crippen molar-refractivity contribution < 1.29 is 143 Å². The second kappa shape index (κ2) is 39.0. The molecular weight excluding hydrogens is 1430 g/mol. The minimum Gasteiger partial charge on any atom is -1.00 e. The Morgan fingerprint density at radius 3 is 1.13 bits per heavy atom. The van der Waals surface area contributed by atoms with Crippen molar-refractivity contribution in [1.29, 1.82) is 5.26 Å². The van der Waals surface area contributed by atoms with Gasteiger partial charge in [-0.2, -0.15) is 5.26 Å². The Morgan fingerprint density at radius 1 is 0.486 bits per heavy atom. The number of anilines is 3. The van der Waals surface area contributed by atoms with Crippen molar-refractivity contribution in [3.8, 4) is 6.07 Å². The summed E-state index contributed by atoms with van der Waals surface area (Å²) in [5, 5.41) is 29.7. The monoisotopic (exact) mass is 1500 g/mol. The maximum atomic E-state index is 12.8. The third-order valence-corrected chi connectivity index (χ3v) is 17.1. The second-order valence-corrected chi connectivity index (χ2v) is 25.3. The van der Waals surface area contributed by atoms with Crippen molar-refractivity contribution >= 4 is 97.8 Å². The zero-order valence-electron chi connectivity index (χ0n) is 61.7. The fraction of sp³-hybridized carbons (Fsp3) is 0.179. The molecule has 29 heteroatoms. The number of carbonyl (C=O) groups excluding carboxylic acids is 6. The molecule has 9 aromatic heterocycles.